The van der Waals surface area contributed by atoms with Gasteiger partial charge in [0.15, 0.2) is 0 Å². The van der Waals surface area contributed by atoms with Gasteiger partial charge in [-0.2, -0.15) is 0 Å². The molecule has 0 bridgehead atoms. The van der Waals surface area contributed by atoms with Gasteiger partial charge in [0, 0.05) is 50.6 Å². The summed E-state index contributed by atoms with van der Waals surface area (Å²) in [6, 6.07) is 46.1. The number of hydrogen-bond donors (Lipinski definition) is 2. The van der Waals surface area contributed by atoms with Crippen LogP contribution >= 0.6 is 11.3 Å². The van der Waals surface area contributed by atoms with Crippen molar-refractivity contribution in [3.63, 3.8) is 0 Å². The summed E-state index contributed by atoms with van der Waals surface area (Å²) >= 11 is 1.92. The van der Waals surface area contributed by atoms with Gasteiger partial charge in [-0.25, -0.2) is 0 Å². The molecule has 240 valence electrons. The van der Waals surface area contributed by atoms with E-state index in [4.69, 9.17) is 0 Å². The van der Waals surface area contributed by atoms with Crippen molar-refractivity contribution < 1.29 is 0 Å². The lowest BCUT2D eigenvalue weighted by molar-refractivity contribution is 0.641. The third kappa shape index (κ3) is 7.00. The zero-order chi connectivity index (χ0) is 32.8. The molecule has 0 radical (unpaired) electrons. The standard InChI is InChI=1S/C46H40N2S/c1-3-14-35(15-4-1)36-25-23-33(24-26-36)13-11-29-47-32-34-12-9-18-39(30-34)48-44-28-27-38(31-43(44)37-16-5-2-6-17-37)40-20-10-21-42-41-19-7-8-22-45(41)49-46(40)42/h1-17,19-26,30-31,39,47-48H,18,27-29,32H2/b13-11+. The van der Waals surface area contributed by atoms with Crippen LogP contribution in [0.25, 0.3) is 48.5 Å². The van der Waals surface area contributed by atoms with E-state index >= 15 is 0 Å². The molecule has 6 aromatic rings. The molecule has 0 saturated heterocycles. The molecular weight excluding hydrogens is 613 g/mol. The third-order valence-corrected chi connectivity index (χ3v) is 10.8. The van der Waals surface area contributed by atoms with Gasteiger partial charge in [0.25, 0.3) is 0 Å². The van der Waals surface area contributed by atoms with E-state index in [9.17, 15) is 0 Å². The molecule has 0 aliphatic heterocycles. The van der Waals surface area contributed by atoms with E-state index < -0.39 is 0 Å². The highest BCUT2D eigenvalue weighted by atomic mass is 32.1. The van der Waals surface area contributed by atoms with Crippen LogP contribution < -0.4 is 10.6 Å². The second kappa shape index (κ2) is 14.5. The Bertz CT molecular complexity index is 2230. The number of benzene rings is 5. The van der Waals surface area contributed by atoms with Crippen LogP contribution in [0, 0.1) is 0 Å². The fourth-order valence-electron chi connectivity index (χ4n) is 7.07. The summed E-state index contributed by atoms with van der Waals surface area (Å²) in [7, 11) is 0. The maximum absolute atomic E-state index is 3.97. The molecule has 8 rings (SSSR count). The van der Waals surface area contributed by atoms with Crippen LogP contribution in [0.1, 0.15) is 36.0 Å². The first-order valence-corrected chi connectivity index (χ1v) is 18.2. The van der Waals surface area contributed by atoms with Crippen molar-refractivity contribution in [2.24, 2.45) is 0 Å². The van der Waals surface area contributed by atoms with Gasteiger partial charge in [0.05, 0.1) is 0 Å². The Kier molecular flexibility index (Phi) is 9.19. The summed E-state index contributed by atoms with van der Waals surface area (Å²) in [6.07, 6.45) is 16.9. The molecule has 0 amide bonds. The predicted octanol–water partition coefficient (Wildman–Crippen LogP) is 11.5. The lowest BCUT2D eigenvalue weighted by Gasteiger charge is -2.27. The van der Waals surface area contributed by atoms with Crippen LogP contribution in [0.2, 0.25) is 0 Å². The highest BCUT2D eigenvalue weighted by Gasteiger charge is 2.21. The van der Waals surface area contributed by atoms with E-state index in [-0.39, 0.29) is 6.04 Å². The van der Waals surface area contributed by atoms with Crippen LogP contribution in [0.15, 0.2) is 169 Å². The van der Waals surface area contributed by atoms with Crippen LogP contribution in [0.4, 0.5) is 0 Å². The monoisotopic (exact) mass is 652 g/mol. The second-order valence-electron chi connectivity index (χ2n) is 12.9. The minimum absolute atomic E-state index is 0.273. The van der Waals surface area contributed by atoms with Gasteiger partial charge in [0.2, 0.25) is 0 Å². The highest BCUT2D eigenvalue weighted by Crippen LogP contribution is 2.42. The molecular formula is C46H40N2S. The quantitative estimate of drug-likeness (QED) is 0.144. The molecule has 0 saturated carbocycles. The smallest absolute Gasteiger partial charge is 0.0482 e. The Balaban J connectivity index is 0.959. The summed E-state index contributed by atoms with van der Waals surface area (Å²) < 4.78 is 2.75. The van der Waals surface area contributed by atoms with Gasteiger partial charge in [-0.1, -0.05) is 152 Å². The predicted molar refractivity (Wildman–Crippen MR) is 212 cm³/mol. The fraction of sp³-hybridized carbons (Fsp3) is 0.130. The van der Waals surface area contributed by atoms with Crippen molar-refractivity contribution in [2.75, 3.05) is 13.1 Å². The maximum Gasteiger partial charge on any atom is 0.0482 e. The van der Waals surface area contributed by atoms with Crippen LogP contribution in [0.5, 0.6) is 0 Å². The van der Waals surface area contributed by atoms with E-state index in [1.54, 1.807) is 0 Å². The molecule has 49 heavy (non-hydrogen) atoms. The van der Waals surface area contributed by atoms with Gasteiger partial charge in [0.1, 0.15) is 0 Å². The largest absolute Gasteiger partial charge is 0.381 e. The third-order valence-electron chi connectivity index (χ3n) is 9.54. The van der Waals surface area contributed by atoms with Crippen LogP contribution in [-0.2, 0) is 0 Å². The van der Waals surface area contributed by atoms with Gasteiger partial charge in [-0.05, 0) is 70.4 Å². The summed E-state index contributed by atoms with van der Waals surface area (Å²) in [6.45, 7) is 1.67. The Morgan fingerprint density at radius 3 is 2.27 bits per heavy atom. The van der Waals surface area contributed by atoms with Crippen LogP contribution in [0.3, 0.4) is 0 Å². The minimum atomic E-state index is 0.273. The second-order valence-corrected chi connectivity index (χ2v) is 13.9. The molecule has 2 N–H and O–H groups in total. The van der Waals surface area contributed by atoms with Crippen molar-refractivity contribution in [3.8, 4) is 11.1 Å². The number of fused-ring (bicyclic) bond motifs is 3. The van der Waals surface area contributed by atoms with Crippen molar-refractivity contribution in [1.82, 2.24) is 10.6 Å². The molecule has 0 spiro atoms. The van der Waals surface area contributed by atoms with Crippen molar-refractivity contribution in [1.29, 1.82) is 0 Å². The van der Waals surface area contributed by atoms with Gasteiger partial charge < -0.3 is 10.6 Å². The molecule has 1 aromatic heterocycles. The molecule has 2 aliphatic carbocycles. The average Bonchev–Trinajstić information content (AvgIpc) is 3.55. The Labute approximate surface area is 293 Å². The Morgan fingerprint density at radius 2 is 1.43 bits per heavy atom. The topological polar surface area (TPSA) is 24.1 Å². The number of hydrogen-bond acceptors (Lipinski definition) is 3. The van der Waals surface area contributed by atoms with Gasteiger partial charge in [-0.15, -0.1) is 11.3 Å². The summed E-state index contributed by atoms with van der Waals surface area (Å²) in [5.41, 5.74) is 11.8. The number of nitrogens with one attached hydrogen (secondary N) is 2. The van der Waals surface area contributed by atoms with E-state index in [1.165, 1.54) is 70.4 Å². The number of rotatable bonds is 10. The molecule has 1 atom stereocenters. The van der Waals surface area contributed by atoms with Crippen molar-refractivity contribution in [2.45, 2.75) is 25.3 Å². The first-order valence-electron chi connectivity index (χ1n) is 17.3. The van der Waals surface area contributed by atoms with E-state index in [0.29, 0.717) is 0 Å². The number of thiophene rings is 1. The average molecular weight is 653 g/mol. The molecule has 1 heterocycles. The zero-order valence-electron chi connectivity index (χ0n) is 27.6. The summed E-state index contributed by atoms with van der Waals surface area (Å²) in [5.74, 6) is 0. The molecule has 2 aliphatic rings. The lowest BCUT2D eigenvalue weighted by Crippen LogP contribution is -2.30. The molecule has 1 unspecified atom stereocenters. The zero-order valence-corrected chi connectivity index (χ0v) is 28.4. The summed E-state index contributed by atoms with van der Waals surface area (Å²) in [5, 5.41) is 10.3. The van der Waals surface area contributed by atoms with Gasteiger partial charge >= 0.3 is 0 Å². The van der Waals surface area contributed by atoms with Crippen molar-refractivity contribution >= 4 is 48.7 Å². The van der Waals surface area contributed by atoms with E-state index in [1.807, 2.05) is 11.3 Å². The van der Waals surface area contributed by atoms with E-state index in [0.717, 1.165) is 32.4 Å². The van der Waals surface area contributed by atoms with Gasteiger partial charge in [-0.3, -0.25) is 0 Å². The maximum atomic E-state index is 3.97. The molecule has 3 heteroatoms. The normalized spacial score (nSPS) is 16.4. The Hall–Kier alpha value is -5.22. The van der Waals surface area contributed by atoms with Crippen LogP contribution in [-0.4, -0.2) is 19.1 Å². The molecule has 0 fully saturated rings. The van der Waals surface area contributed by atoms with Crippen molar-refractivity contribution in [3.05, 3.63) is 186 Å². The van der Waals surface area contributed by atoms with E-state index in [2.05, 4.69) is 174 Å². The fourth-order valence-corrected chi connectivity index (χ4v) is 8.32. The Morgan fingerprint density at radius 1 is 0.694 bits per heavy atom. The molecule has 5 aromatic carbocycles. The first kappa shape index (κ1) is 31.1. The number of allylic oxidation sites excluding steroid dienone is 4. The minimum Gasteiger partial charge on any atom is -0.381 e. The highest BCUT2D eigenvalue weighted by molar-refractivity contribution is 7.26. The SMILES string of the molecule is C1=CC(CNC/C=C/c2ccc(-c3ccccc3)cc2)=CC(NC2=C(c3ccccc3)C=C(c3cccc4c3sc3ccccc34)CC2)C1. The molecule has 2 nitrogen and oxygen atoms in total. The summed E-state index contributed by atoms with van der Waals surface area (Å²) in [4.78, 5) is 0. The lowest BCUT2D eigenvalue weighted by atomic mass is 9.87. The first-order chi connectivity index (χ1) is 24.3.